The minimum absolute atomic E-state index is 0.374. The highest BCUT2D eigenvalue weighted by atomic mass is 35.5. The second-order valence-electron chi connectivity index (χ2n) is 5.96. The molecule has 1 aromatic heterocycles. The molecule has 112 valence electrons. The standard InChI is InChI=1S/C15H24ClN3O/c1-4-12-5-7-15(20,8-6-12)9-17-14-13(16)18-10(2)11(3)19-14/h12,20H,4-9H2,1-3H3,(H,17,19). The van der Waals surface area contributed by atoms with Crippen LogP contribution in [-0.2, 0) is 0 Å². The summed E-state index contributed by atoms with van der Waals surface area (Å²) >= 11 is 6.09. The summed E-state index contributed by atoms with van der Waals surface area (Å²) in [5, 5.41) is 14.1. The smallest absolute Gasteiger partial charge is 0.171 e. The molecule has 1 aromatic rings. The number of hydrogen-bond acceptors (Lipinski definition) is 4. The Morgan fingerprint density at radius 1 is 1.25 bits per heavy atom. The molecule has 0 aromatic carbocycles. The van der Waals surface area contributed by atoms with Gasteiger partial charge >= 0.3 is 0 Å². The molecular formula is C15H24ClN3O. The van der Waals surface area contributed by atoms with E-state index in [9.17, 15) is 5.11 Å². The molecule has 1 fully saturated rings. The molecule has 0 atom stereocenters. The maximum atomic E-state index is 10.6. The van der Waals surface area contributed by atoms with Crippen molar-refractivity contribution in [2.75, 3.05) is 11.9 Å². The molecule has 1 aliphatic carbocycles. The molecule has 0 unspecified atom stereocenters. The fourth-order valence-electron chi connectivity index (χ4n) is 2.74. The summed E-state index contributed by atoms with van der Waals surface area (Å²) < 4.78 is 0. The Morgan fingerprint density at radius 3 is 2.45 bits per heavy atom. The summed E-state index contributed by atoms with van der Waals surface area (Å²) in [6.45, 7) is 6.50. The third kappa shape index (κ3) is 3.61. The summed E-state index contributed by atoms with van der Waals surface area (Å²) in [6, 6.07) is 0. The highest BCUT2D eigenvalue weighted by Crippen LogP contribution is 2.34. The molecule has 0 bridgehead atoms. The third-order valence-corrected chi connectivity index (χ3v) is 4.73. The van der Waals surface area contributed by atoms with Crippen LogP contribution in [-0.4, -0.2) is 27.2 Å². The largest absolute Gasteiger partial charge is 0.388 e. The SMILES string of the molecule is CCC1CCC(O)(CNc2nc(C)c(C)nc2Cl)CC1. The summed E-state index contributed by atoms with van der Waals surface area (Å²) in [4.78, 5) is 8.65. The van der Waals surface area contributed by atoms with Crippen molar-refractivity contribution in [1.29, 1.82) is 0 Å². The van der Waals surface area contributed by atoms with Crippen molar-refractivity contribution >= 4 is 17.4 Å². The van der Waals surface area contributed by atoms with E-state index in [0.29, 0.717) is 17.5 Å². The lowest BCUT2D eigenvalue weighted by atomic mass is 9.78. The van der Waals surface area contributed by atoms with Gasteiger partial charge in [-0.2, -0.15) is 0 Å². The average Bonchev–Trinajstić information content (AvgIpc) is 2.42. The van der Waals surface area contributed by atoms with E-state index in [2.05, 4.69) is 22.2 Å². The molecule has 20 heavy (non-hydrogen) atoms. The van der Waals surface area contributed by atoms with Crippen molar-refractivity contribution in [3.05, 3.63) is 16.5 Å². The van der Waals surface area contributed by atoms with Crippen molar-refractivity contribution in [2.45, 2.75) is 58.5 Å². The minimum Gasteiger partial charge on any atom is -0.388 e. The molecule has 0 amide bonds. The molecular weight excluding hydrogens is 274 g/mol. The first-order valence-corrected chi connectivity index (χ1v) is 7.78. The van der Waals surface area contributed by atoms with Gasteiger partial charge in [0.15, 0.2) is 11.0 Å². The fraction of sp³-hybridized carbons (Fsp3) is 0.733. The number of aromatic nitrogens is 2. The first-order valence-electron chi connectivity index (χ1n) is 7.40. The van der Waals surface area contributed by atoms with Crippen molar-refractivity contribution < 1.29 is 5.11 Å². The van der Waals surface area contributed by atoms with E-state index in [1.807, 2.05) is 13.8 Å². The Kier molecular flexibility index (Phi) is 4.86. The maximum absolute atomic E-state index is 10.6. The van der Waals surface area contributed by atoms with Gasteiger partial charge in [0.25, 0.3) is 0 Å². The molecule has 2 N–H and O–H groups in total. The van der Waals surface area contributed by atoms with Crippen LogP contribution in [0.2, 0.25) is 5.15 Å². The number of nitrogens with zero attached hydrogens (tertiary/aromatic N) is 2. The number of rotatable bonds is 4. The molecule has 2 rings (SSSR count). The predicted octanol–water partition coefficient (Wildman–Crippen LogP) is 3.49. The zero-order chi connectivity index (χ0) is 14.8. The fourth-order valence-corrected chi connectivity index (χ4v) is 2.97. The molecule has 1 heterocycles. The van der Waals surface area contributed by atoms with E-state index in [1.54, 1.807) is 0 Å². The number of hydrogen-bond donors (Lipinski definition) is 2. The lowest BCUT2D eigenvalue weighted by Gasteiger charge is -2.36. The number of aliphatic hydroxyl groups is 1. The van der Waals surface area contributed by atoms with Gasteiger partial charge in [0.05, 0.1) is 17.0 Å². The first kappa shape index (κ1) is 15.5. The lowest BCUT2D eigenvalue weighted by Crippen LogP contribution is -2.40. The minimum atomic E-state index is -0.643. The summed E-state index contributed by atoms with van der Waals surface area (Å²) in [5.41, 5.74) is 1.05. The van der Waals surface area contributed by atoms with Gasteiger partial charge in [-0.05, 0) is 45.4 Å². The van der Waals surface area contributed by atoms with Crippen LogP contribution in [0.4, 0.5) is 5.82 Å². The number of halogens is 1. The van der Waals surface area contributed by atoms with E-state index in [4.69, 9.17) is 11.6 Å². The van der Waals surface area contributed by atoms with E-state index in [0.717, 1.165) is 43.0 Å². The third-order valence-electron chi connectivity index (χ3n) is 4.46. The van der Waals surface area contributed by atoms with Gasteiger partial charge in [0.1, 0.15) is 0 Å². The van der Waals surface area contributed by atoms with Crippen LogP contribution in [0, 0.1) is 19.8 Å². The quantitative estimate of drug-likeness (QED) is 0.893. The number of anilines is 1. The van der Waals surface area contributed by atoms with Gasteiger partial charge < -0.3 is 10.4 Å². The van der Waals surface area contributed by atoms with Gasteiger partial charge in [-0.15, -0.1) is 0 Å². The molecule has 0 aliphatic heterocycles. The zero-order valence-electron chi connectivity index (χ0n) is 12.5. The molecule has 0 spiro atoms. The van der Waals surface area contributed by atoms with Gasteiger partial charge in [-0.25, -0.2) is 9.97 Å². The molecule has 1 saturated carbocycles. The van der Waals surface area contributed by atoms with Gasteiger partial charge in [0, 0.05) is 6.54 Å². The Labute approximate surface area is 126 Å². The molecule has 0 saturated heterocycles. The summed E-state index contributed by atoms with van der Waals surface area (Å²) in [6.07, 6.45) is 5.09. The monoisotopic (exact) mass is 297 g/mol. The van der Waals surface area contributed by atoms with E-state index in [1.165, 1.54) is 6.42 Å². The molecule has 1 aliphatic rings. The lowest BCUT2D eigenvalue weighted by molar-refractivity contribution is 0.00222. The van der Waals surface area contributed by atoms with Crippen molar-refractivity contribution in [3.8, 4) is 0 Å². The van der Waals surface area contributed by atoms with E-state index >= 15 is 0 Å². The maximum Gasteiger partial charge on any atom is 0.171 e. The van der Waals surface area contributed by atoms with Gasteiger partial charge in [-0.1, -0.05) is 24.9 Å². The Balaban J connectivity index is 1.97. The zero-order valence-corrected chi connectivity index (χ0v) is 13.3. The second kappa shape index (κ2) is 6.27. The van der Waals surface area contributed by atoms with Crippen molar-refractivity contribution in [3.63, 3.8) is 0 Å². The number of nitrogens with one attached hydrogen (secondary N) is 1. The Morgan fingerprint density at radius 2 is 1.85 bits per heavy atom. The van der Waals surface area contributed by atoms with Gasteiger partial charge in [0.2, 0.25) is 0 Å². The van der Waals surface area contributed by atoms with Crippen LogP contribution in [0.5, 0.6) is 0 Å². The van der Waals surface area contributed by atoms with Crippen LogP contribution in [0.15, 0.2) is 0 Å². The Hall–Kier alpha value is -0.870. The van der Waals surface area contributed by atoms with E-state index in [-0.39, 0.29) is 0 Å². The molecule has 0 radical (unpaired) electrons. The summed E-state index contributed by atoms with van der Waals surface area (Å²) in [7, 11) is 0. The normalized spacial score (nSPS) is 26.6. The highest BCUT2D eigenvalue weighted by molar-refractivity contribution is 6.31. The number of aryl methyl sites for hydroxylation is 2. The van der Waals surface area contributed by atoms with Crippen LogP contribution >= 0.6 is 11.6 Å². The highest BCUT2D eigenvalue weighted by Gasteiger charge is 2.32. The van der Waals surface area contributed by atoms with E-state index < -0.39 is 5.60 Å². The van der Waals surface area contributed by atoms with Crippen molar-refractivity contribution in [2.24, 2.45) is 5.92 Å². The second-order valence-corrected chi connectivity index (χ2v) is 6.32. The Bertz CT molecular complexity index is 470. The van der Waals surface area contributed by atoms with Gasteiger partial charge in [-0.3, -0.25) is 0 Å². The predicted molar refractivity (Wildman–Crippen MR) is 82.2 cm³/mol. The van der Waals surface area contributed by atoms with Crippen LogP contribution in [0.25, 0.3) is 0 Å². The molecule has 5 heteroatoms. The average molecular weight is 298 g/mol. The van der Waals surface area contributed by atoms with Crippen LogP contribution in [0.3, 0.4) is 0 Å². The molecule has 4 nitrogen and oxygen atoms in total. The van der Waals surface area contributed by atoms with Crippen molar-refractivity contribution in [1.82, 2.24) is 9.97 Å². The first-order chi connectivity index (χ1) is 9.43. The topological polar surface area (TPSA) is 58.0 Å². The summed E-state index contributed by atoms with van der Waals surface area (Å²) in [5.74, 6) is 1.33. The van der Waals surface area contributed by atoms with Crippen LogP contribution in [0.1, 0.15) is 50.4 Å². The van der Waals surface area contributed by atoms with Crippen LogP contribution < -0.4 is 5.32 Å².